The molecular weight excluding hydrogens is 324 g/mol. The second-order valence-electron chi connectivity index (χ2n) is 5.33. The van der Waals surface area contributed by atoms with E-state index in [1.807, 2.05) is 17.5 Å². The van der Waals surface area contributed by atoms with E-state index in [-0.39, 0.29) is 5.91 Å². The molecule has 0 aliphatic heterocycles. The molecule has 0 radical (unpaired) electrons. The van der Waals surface area contributed by atoms with Crippen molar-refractivity contribution in [1.29, 1.82) is 0 Å². The summed E-state index contributed by atoms with van der Waals surface area (Å²) in [7, 11) is 1.76. The van der Waals surface area contributed by atoms with Crippen LogP contribution in [0.1, 0.15) is 42.3 Å². The summed E-state index contributed by atoms with van der Waals surface area (Å²) in [5.74, 6) is 0.781. The molecule has 0 saturated carbocycles. The Hall–Kier alpha value is -1.60. The average molecular weight is 355 g/mol. The monoisotopic (exact) mass is 354 g/mol. The number of rotatable bonds is 12. The summed E-state index contributed by atoms with van der Waals surface area (Å²) in [5, 5.41) is 11.3. The van der Waals surface area contributed by atoms with Crippen LogP contribution < -0.4 is 16.0 Å². The summed E-state index contributed by atoms with van der Waals surface area (Å²) >= 11 is 1.45. The number of carbonyl (C=O) groups is 1. The first-order chi connectivity index (χ1) is 11.8. The molecule has 24 heavy (non-hydrogen) atoms. The van der Waals surface area contributed by atoms with E-state index in [0.717, 1.165) is 56.4 Å². The van der Waals surface area contributed by atoms with Gasteiger partial charge in [-0.3, -0.25) is 9.79 Å². The van der Waals surface area contributed by atoms with Crippen molar-refractivity contribution in [2.75, 3.05) is 39.9 Å². The third-order valence-corrected chi connectivity index (χ3v) is 4.17. The molecule has 0 aromatic carbocycles. The van der Waals surface area contributed by atoms with Gasteiger partial charge in [-0.05, 0) is 30.7 Å². The van der Waals surface area contributed by atoms with E-state index in [9.17, 15) is 4.79 Å². The van der Waals surface area contributed by atoms with Gasteiger partial charge in [-0.25, -0.2) is 0 Å². The molecule has 0 fully saturated rings. The van der Waals surface area contributed by atoms with Crippen molar-refractivity contribution in [2.24, 2.45) is 4.99 Å². The van der Waals surface area contributed by atoms with E-state index in [2.05, 4.69) is 27.9 Å². The minimum absolute atomic E-state index is 0.00409. The number of nitrogens with zero attached hydrogens (tertiary/aromatic N) is 1. The molecule has 0 aliphatic carbocycles. The summed E-state index contributed by atoms with van der Waals surface area (Å²) in [6.45, 7) is 6.03. The fraction of sp³-hybridized carbons (Fsp3) is 0.647. The van der Waals surface area contributed by atoms with Gasteiger partial charge < -0.3 is 20.7 Å². The molecule has 0 saturated heterocycles. The van der Waals surface area contributed by atoms with Crippen LogP contribution in [0, 0.1) is 0 Å². The fourth-order valence-corrected chi connectivity index (χ4v) is 2.58. The van der Waals surface area contributed by atoms with E-state index in [0.29, 0.717) is 6.54 Å². The van der Waals surface area contributed by atoms with E-state index in [1.54, 1.807) is 7.05 Å². The summed E-state index contributed by atoms with van der Waals surface area (Å²) in [4.78, 5) is 16.7. The second-order valence-corrected chi connectivity index (χ2v) is 6.28. The highest BCUT2D eigenvalue weighted by Gasteiger charge is 2.04. The highest BCUT2D eigenvalue weighted by molar-refractivity contribution is 7.12. The van der Waals surface area contributed by atoms with Crippen molar-refractivity contribution < 1.29 is 9.53 Å². The zero-order valence-electron chi connectivity index (χ0n) is 14.8. The van der Waals surface area contributed by atoms with Gasteiger partial charge in [0.25, 0.3) is 5.91 Å². The SMILES string of the molecule is CCCCOCCCNC(=NC)NCCCNC(=O)c1cccs1. The van der Waals surface area contributed by atoms with Crippen LogP contribution in [0.25, 0.3) is 0 Å². The summed E-state index contributed by atoms with van der Waals surface area (Å²) in [6.07, 6.45) is 4.10. The minimum atomic E-state index is -0.00409. The van der Waals surface area contributed by atoms with Gasteiger partial charge in [0.05, 0.1) is 4.88 Å². The molecule has 0 atom stereocenters. The molecule has 0 aliphatic rings. The van der Waals surface area contributed by atoms with Crippen LogP contribution in [0.15, 0.2) is 22.5 Å². The van der Waals surface area contributed by atoms with Crippen molar-refractivity contribution in [1.82, 2.24) is 16.0 Å². The number of aliphatic imine (C=N–C) groups is 1. The highest BCUT2D eigenvalue weighted by atomic mass is 32.1. The van der Waals surface area contributed by atoms with Gasteiger partial charge in [0, 0.05) is 39.9 Å². The zero-order valence-corrected chi connectivity index (χ0v) is 15.6. The molecule has 3 N–H and O–H groups in total. The maximum atomic E-state index is 11.8. The van der Waals surface area contributed by atoms with E-state index >= 15 is 0 Å². The molecule has 1 amide bonds. The van der Waals surface area contributed by atoms with Gasteiger partial charge in [0.1, 0.15) is 0 Å². The largest absolute Gasteiger partial charge is 0.381 e. The smallest absolute Gasteiger partial charge is 0.261 e. The van der Waals surface area contributed by atoms with E-state index in [4.69, 9.17) is 4.74 Å². The number of ether oxygens (including phenoxy) is 1. The Morgan fingerprint density at radius 2 is 1.83 bits per heavy atom. The Morgan fingerprint density at radius 1 is 1.12 bits per heavy atom. The molecule has 0 unspecified atom stereocenters. The molecule has 1 aromatic heterocycles. The van der Waals surface area contributed by atoms with Crippen molar-refractivity contribution in [3.8, 4) is 0 Å². The lowest BCUT2D eigenvalue weighted by Gasteiger charge is -2.12. The molecular formula is C17H30N4O2S. The predicted octanol–water partition coefficient (Wildman–Crippen LogP) is 2.24. The first kappa shape index (κ1) is 20.4. The Labute approximate surface area is 149 Å². The van der Waals surface area contributed by atoms with Crippen LogP contribution in [0.5, 0.6) is 0 Å². The maximum Gasteiger partial charge on any atom is 0.261 e. The number of unbranched alkanes of at least 4 members (excludes halogenated alkanes) is 1. The third-order valence-electron chi connectivity index (χ3n) is 3.30. The Bertz CT molecular complexity index is 463. The molecule has 7 heteroatoms. The highest BCUT2D eigenvalue weighted by Crippen LogP contribution is 2.07. The van der Waals surface area contributed by atoms with Gasteiger partial charge >= 0.3 is 0 Å². The van der Waals surface area contributed by atoms with Crippen LogP contribution in [-0.2, 0) is 4.74 Å². The Balaban J connectivity index is 1.99. The Kier molecular flexibility index (Phi) is 11.8. The third kappa shape index (κ3) is 9.52. The molecule has 0 spiro atoms. The van der Waals surface area contributed by atoms with Crippen LogP contribution >= 0.6 is 11.3 Å². The number of hydrogen-bond donors (Lipinski definition) is 3. The lowest BCUT2D eigenvalue weighted by Crippen LogP contribution is -2.39. The predicted molar refractivity (Wildman–Crippen MR) is 101 cm³/mol. The van der Waals surface area contributed by atoms with Crippen LogP contribution in [0.4, 0.5) is 0 Å². The lowest BCUT2D eigenvalue weighted by molar-refractivity contribution is 0.0957. The number of nitrogens with one attached hydrogen (secondary N) is 3. The normalized spacial score (nSPS) is 11.3. The topological polar surface area (TPSA) is 74.8 Å². The number of amides is 1. The quantitative estimate of drug-likeness (QED) is 0.306. The van der Waals surface area contributed by atoms with Crippen molar-refractivity contribution in [2.45, 2.75) is 32.6 Å². The fourth-order valence-electron chi connectivity index (χ4n) is 1.94. The summed E-state index contributed by atoms with van der Waals surface area (Å²) in [5.41, 5.74) is 0. The number of hydrogen-bond acceptors (Lipinski definition) is 4. The lowest BCUT2D eigenvalue weighted by atomic mass is 10.3. The maximum absolute atomic E-state index is 11.8. The van der Waals surface area contributed by atoms with Gasteiger partial charge in [0.2, 0.25) is 0 Å². The Morgan fingerprint density at radius 3 is 2.50 bits per heavy atom. The molecule has 1 heterocycles. The molecule has 6 nitrogen and oxygen atoms in total. The second kappa shape index (κ2) is 13.8. The zero-order chi connectivity index (χ0) is 17.5. The van der Waals surface area contributed by atoms with Gasteiger partial charge in [-0.15, -0.1) is 11.3 Å². The first-order valence-corrected chi connectivity index (χ1v) is 9.49. The van der Waals surface area contributed by atoms with E-state index in [1.165, 1.54) is 17.8 Å². The van der Waals surface area contributed by atoms with Crippen LogP contribution in [-0.4, -0.2) is 51.8 Å². The number of guanidine groups is 1. The average Bonchev–Trinajstić information content (AvgIpc) is 3.13. The van der Waals surface area contributed by atoms with Crippen LogP contribution in [0.2, 0.25) is 0 Å². The number of carbonyl (C=O) groups excluding carboxylic acids is 1. The minimum Gasteiger partial charge on any atom is -0.381 e. The molecule has 0 bridgehead atoms. The van der Waals surface area contributed by atoms with Crippen molar-refractivity contribution in [3.63, 3.8) is 0 Å². The van der Waals surface area contributed by atoms with E-state index < -0.39 is 0 Å². The summed E-state index contributed by atoms with van der Waals surface area (Å²) < 4.78 is 5.52. The molecule has 1 rings (SSSR count). The number of thiophene rings is 1. The van der Waals surface area contributed by atoms with Gasteiger partial charge in [-0.2, -0.15) is 0 Å². The van der Waals surface area contributed by atoms with Gasteiger partial charge in [0.15, 0.2) is 5.96 Å². The van der Waals surface area contributed by atoms with Crippen molar-refractivity contribution in [3.05, 3.63) is 22.4 Å². The molecule has 136 valence electrons. The van der Waals surface area contributed by atoms with Crippen molar-refractivity contribution >= 4 is 23.2 Å². The molecule has 1 aromatic rings. The van der Waals surface area contributed by atoms with Crippen LogP contribution in [0.3, 0.4) is 0 Å². The van der Waals surface area contributed by atoms with Gasteiger partial charge in [-0.1, -0.05) is 19.4 Å². The first-order valence-electron chi connectivity index (χ1n) is 8.62. The standard InChI is InChI=1S/C17H30N4O2S/c1-3-4-12-23-13-7-11-21-17(18-2)20-10-6-9-19-16(22)15-8-5-14-24-15/h5,8,14H,3-4,6-7,9-13H2,1-2H3,(H,19,22)(H2,18,20,21). The summed E-state index contributed by atoms with van der Waals surface area (Å²) in [6, 6.07) is 3.71.